The molecule has 0 N–H and O–H groups in total. The molecule has 1 unspecified atom stereocenters. The van der Waals surface area contributed by atoms with E-state index < -0.39 is 0 Å². The number of aromatic nitrogens is 6. The minimum Gasteiger partial charge on any atom is -1.00 e. The van der Waals surface area contributed by atoms with Crippen molar-refractivity contribution < 1.29 is 86.9 Å². The largest absolute Gasteiger partial charge is 1.00 e. The molecule has 2 aliphatic carbocycles. The van der Waals surface area contributed by atoms with Crippen LogP contribution in [0.1, 0.15) is 40.5 Å². The second-order valence-electron chi connectivity index (χ2n) is 12.0. The first-order chi connectivity index (χ1) is 23.8. The summed E-state index contributed by atoms with van der Waals surface area (Å²) in [6.07, 6.45) is 45.9. The van der Waals surface area contributed by atoms with Gasteiger partial charge in [0.25, 0.3) is 0 Å². The molecule has 1 atom stereocenters. The van der Waals surface area contributed by atoms with Crippen molar-refractivity contribution in [3.8, 4) is 24.2 Å². The summed E-state index contributed by atoms with van der Waals surface area (Å²) in [5, 5.41) is 0. The van der Waals surface area contributed by atoms with Crippen LogP contribution in [-0.2, 0) is 20.6 Å². The summed E-state index contributed by atoms with van der Waals surface area (Å²) in [7, 11) is 10.3. The second-order valence-corrected chi connectivity index (χ2v) is 12.0. The standard InChI is InChI=1S/C11H19N.C10H13N2.C5H10N2.C5H4.C4H6N2.C3H3N2.CH3I.K.Na.H/c1-12-7-6-11(9-12)8-10-4-2-3-5-10;1-11-6-7-12(9-11)8-10-4-2-3-5-10;1-6-3-4-7(2)5-6;1-3-5-4-2;1-6-3-2-5-4-6;1-2-5-3-4-1;1-2;;;/h6-7,10-11H,2-5,8-9H2,1H3;2-7,9-10H,8H2,1H3;3-4H,5H2,1-2H3;1H,2H3;2-4H,1H3;1-3H;1H3;;;/q;+1;;;;-1;;2*+1;-1. The van der Waals surface area contributed by atoms with Crippen LogP contribution in [0.4, 0.5) is 0 Å². The van der Waals surface area contributed by atoms with Crippen LogP contribution < -0.4 is 90.5 Å². The summed E-state index contributed by atoms with van der Waals surface area (Å²) in [5.74, 6) is 9.56. The van der Waals surface area contributed by atoms with E-state index >= 15 is 0 Å². The average molecular weight is 843 g/mol. The van der Waals surface area contributed by atoms with Crippen molar-refractivity contribution in [3.63, 3.8) is 0 Å². The summed E-state index contributed by atoms with van der Waals surface area (Å²) < 4.78 is 6.15. The number of aryl methyl sites for hydroxylation is 2. The summed E-state index contributed by atoms with van der Waals surface area (Å²) in [6, 6.07) is 0. The van der Waals surface area contributed by atoms with E-state index in [0.29, 0.717) is 5.92 Å². The van der Waals surface area contributed by atoms with Gasteiger partial charge in [0.2, 0.25) is 6.33 Å². The van der Waals surface area contributed by atoms with Gasteiger partial charge >= 0.3 is 80.9 Å². The Hall–Kier alpha value is -1.52. The second kappa shape index (κ2) is 34.3. The summed E-state index contributed by atoms with van der Waals surface area (Å²) in [4.78, 5) is 19.5. The van der Waals surface area contributed by atoms with Crippen molar-refractivity contribution in [1.82, 2.24) is 38.8 Å². The van der Waals surface area contributed by atoms with Crippen molar-refractivity contribution in [2.24, 2.45) is 31.8 Å². The van der Waals surface area contributed by atoms with E-state index in [4.69, 9.17) is 6.42 Å². The molecule has 9 nitrogen and oxygen atoms in total. The zero-order chi connectivity index (χ0) is 36.1. The first-order valence-corrected chi connectivity index (χ1v) is 18.8. The van der Waals surface area contributed by atoms with Crippen molar-refractivity contribution in [2.75, 3.05) is 39.3 Å². The quantitative estimate of drug-likeness (QED) is 0.124. The molecule has 5 heterocycles. The number of nitrogens with zero attached hydrogens (tertiary/aromatic N) is 9. The molecule has 7 rings (SSSR count). The predicted octanol–water partition coefficient (Wildman–Crippen LogP) is 0.263. The Kier molecular flexibility index (Phi) is 34.6. The summed E-state index contributed by atoms with van der Waals surface area (Å²) in [5.41, 5.74) is 0. The van der Waals surface area contributed by atoms with E-state index in [-0.39, 0.29) is 82.4 Å². The molecule has 3 aromatic rings. The monoisotopic (exact) mass is 842 g/mol. The van der Waals surface area contributed by atoms with Gasteiger partial charge < -0.3 is 30.7 Å². The molecule has 0 radical (unpaired) electrons. The first-order valence-electron chi connectivity index (χ1n) is 16.7. The summed E-state index contributed by atoms with van der Waals surface area (Å²) >= 11 is 2.15. The van der Waals surface area contributed by atoms with Gasteiger partial charge in [-0.05, 0) is 48.2 Å². The number of halogens is 1. The average Bonchev–Trinajstić information content (AvgIpc) is 3.93. The SMILES string of the molecule is C#CC#CC.CI.CN1C=CC(CC2CCCC2)C1.CN1C=CN(C)C1.C[n+]1ccn(CC2C=CC=C2)c1.Cn1ccnc1.[H-].[K+].[Na+].c1c[n-]cn1. The smallest absolute Gasteiger partial charge is 1.00 e. The van der Waals surface area contributed by atoms with Crippen LogP contribution in [0.15, 0.2) is 105 Å². The molecule has 12 heteroatoms. The molecule has 4 aliphatic rings. The van der Waals surface area contributed by atoms with Crippen LogP contribution in [0, 0.1) is 41.9 Å². The van der Waals surface area contributed by atoms with Crippen molar-refractivity contribution in [1.29, 1.82) is 0 Å². The third-order valence-corrected chi connectivity index (χ3v) is 7.55. The third-order valence-electron chi connectivity index (χ3n) is 7.55. The van der Waals surface area contributed by atoms with Gasteiger partial charge in [0.05, 0.1) is 26.6 Å². The number of terminal acetylenes is 1. The Bertz CT molecular complexity index is 1390. The van der Waals surface area contributed by atoms with Crippen LogP contribution in [0.25, 0.3) is 0 Å². The van der Waals surface area contributed by atoms with Gasteiger partial charge in [-0.15, -0.1) is 6.42 Å². The normalized spacial score (nSPS) is 15.8. The Morgan fingerprint density at radius 3 is 1.94 bits per heavy atom. The van der Waals surface area contributed by atoms with Gasteiger partial charge in [-0.3, -0.25) is 0 Å². The molecule has 51 heavy (non-hydrogen) atoms. The molecule has 0 aromatic carbocycles. The summed E-state index contributed by atoms with van der Waals surface area (Å²) in [6.45, 7) is 5.05. The zero-order valence-corrected chi connectivity index (χ0v) is 40.0. The van der Waals surface area contributed by atoms with Crippen LogP contribution >= 0.6 is 22.6 Å². The van der Waals surface area contributed by atoms with E-state index in [2.05, 4.69) is 168 Å². The Morgan fingerprint density at radius 1 is 0.941 bits per heavy atom. The van der Waals surface area contributed by atoms with Crippen LogP contribution in [0.2, 0.25) is 0 Å². The van der Waals surface area contributed by atoms with Gasteiger partial charge in [-0.2, -0.15) is 0 Å². The van der Waals surface area contributed by atoms with Crippen LogP contribution in [0.3, 0.4) is 0 Å². The van der Waals surface area contributed by atoms with Gasteiger partial charge in [0.1, 0.15) is 12.4 Å². The molecule has 1 saturated carbocycles. The molecule has 3 aromatic heterocycles. The fraction of sp³-hybridized carbons (Fsp3) is 0.462. The zero-order valence-electron chi connectivity index (χ0n) is 33.7. The van der Waals surface area contributed by atoms with Crippen molar-refractivity contribution >= 4 is 22.6 Å². The van der Waals surface area contributed by atoms with Gasteiger partial charge in [-0.1, -0.05) is 103 Å². The Morgan fingerprint density at radius 2 is 1.61 bits per heavy atom. The Labute approximate surface area is 389 Å². The van der Waals surface area contributed by atoms with Gasteiger partial charge in [0, 0.05) is 65.4 Å². The van der Waals surface area contributed by atoms with Crippen LogP contribution in [-0.4, -0.2) is 73.1 Å². The minimum absolute atomic E-state index is 0. The fourth-order valence-electron chi connectivity index (χ4n) is 5.30. The molecule has 0 saturated heterocycles. The maximum absolute atomic E-state index is 4.72. The molecule has 0 spiro atoms. The van der Waals surface area contributed by atoms with E-state index in [0.717, 1.165) is 25.0 Å². The Balaban J connectivity index is -0.000000562. The topological polar surface area (TPSA) is 63.3 Å². The third kappa shape index (κ3) is 27.7. The van der Waals surface area contributed by atoms with Crippen molar-refractivity contribution in [2.45, 2.75) is 45.6 Å². The number of hydrogen-bond acceptors (Lipinski definition) is 5. The molecule has 268 valence electrons. The number of allylic oxidation sites excluding steroid dienone is 4. The fourth-order valence-corrected chi connectivity index (χ4v) is 5.30. The van der Waals surface area contributed by atoms with E-state index in [1.165, 1.54) is 45.0 Å². The molecule has 1 fully saturated rings. The maximum Gasteiger partial charge on any atom is 1.00 e. The van der Waals surface area contributed by atoms with E-state index in [1.807, 2.05) is 29.8 Å². The molecule has 2 aliphatic heterocycles. The van der Waals surface area contributed by atoms with Gasteiger partial charge in [-0.25, -0.2) is 14.1 Å². The minimum atomic E-state index is 0. The van der Waals surface area contributed by atoms with Gasteiger partial charge in [0.15, 0.2) is 0 Å². The predicted molar refractivity (Wildman–Crippen MR) is 213 cm³/mol. The van der Waals surface area contributed by atoms with E-state index in [1.54, 1.807) is 31.8 Å². The maximum atomic E-state index is 4.72. The number of alkyl halides is 1. The first kappa shape index (κ1) is 51.6. The molecular weight excluding hydrogens is 783 g/mol. The number of imidazole rings is 3. The van der Waals surface area contributed by atoms with E-state index in [9.17, 15) is 0 Å². The number of hydrogen-bond donors (Lipinski definition) is 0. The molecule has 0 amide bonds. The molecular formula is C39H59IKN9Na+. The molecule has 0 bridgehead atoms. The number of rotatable bonds is 4. The van der Waals surface area contributed by atoms with Crippen LogP contribution in [0.5, 0.6) is 0 Å². The van der Waals surface area contributed by atoms with Crippen molar-refractivity contribution in [3.05, 3.63) is 105 Å².